The van der Waals surface area contributed by atoms with Crippen LogP contribution in [0.1, 0.15) is 36.0 Å². The van der Waals surface area contributed by atoms with Crippen molar-refractivity contribution < 1.29 is 23.8 Å². The number of hydrogen-bond donors (Lipinski definition) is 0. The SMILES string of the molecule is CCOC(=O)[C@@H]1C(=O)C=C(c2ccc(OC)c(OC)c2)C[C@H]1c1ccccc1C. The summed E-state index contributed by atoms with van der Waals surface area (Å²) in [5.74, 6) is -0.589. The fourth-order valence-corrected chi connectivity index (χ4v) is 3.92. The number of rotatable bonds is 6. The highest BCUT2D eigenvalue weighted by Crippen LogP contribution is 2.42. The quantitative estimate of drug-likeness (QED) is 0.539. The van der Waals surface area contributed by atoms with Gasteiger partial charge < -0.3 is 14.2 Å². The van der Waals surface area contributed by atoms with Crippen LogP contribution in [0, 0.1) is 12.8 Å². The molecule has 5 heteroatoms. The van der Waals surface area contributed by atoms with Crippen molar-refractivity contribution in [2.24, 2.45) is 5.92 Å². The number of allylic oxidation sites excluding steroid dienone is 2. The van der Waals surface area contributed by atoms with Gasteiger partial charge in [-0.3, -0.25) is 9.59 Å². The highest BCUT2D eigenvalue weighted by atomic mass is 16.5. The molecule has 0 spiro atoms. The van der Waals surface area contributed by atoms with E-state index < -0.39 is 11.9 Å². The molecule has 0 saturated carbocycles. The van der Waals surface area contributed by atoms with Gasteiger partial charge in [-0.1, -0.05) is 30.3 Å². The molecule has 29 heavy (non-hydrogen) atoms. The maximum absolute atomic E-state index is 13.0. The Morgan fingerprint density at radius 1 is 1.07 bits per heavy atom. The van der Waals surface area contributed by atoms with Gasteiger partial charge in [-0.15, -0.1) is 0 Å². The average molecular weight is 394 g/mol. The van der Waals surface area contributed by atoms with Crippen molar-refractivity contribution in [3.63, 3.8) is 0 Å². The first-order valence-electron chi connectivity index (χ1n) is 9.69. The molecule has 3 rings (SSSR count). The summed E-state index contributed by atoms with van der Waals surface area (Å²) < 4.78 is 15.9. The first-order valence-corrected chi connectivity index (χ1v) is 9.69. The van der Waals surface area contributed by atoms with Gasteiger partial charge in [0.1, 0.15) is 5.92 Å². The third kappa shape index (κ3) is 4.19. The molecule has 0 aliphatic heterocycles. The number of esters is 1. The van der Waals surface area contributed by atoms with E-state index in [1.54, 1.807) is 27.2 Å². The third-order valence-electron chi connectivity index (χ3n) is 5.35. The second kappa shape index (κ2) is 8.95. The normalized spacial score (nSPS) is 18.8. The van der Waals surface area contributed by atoms with Crippen molar-refractivity contribution in [1.82, 2.24) is 0 Å². The smallest absolute Gasteiger partial charge is 0.317 e. The van der Waals surface area contributed by atoms with Gasteiger partial charge in [0.15, 0.2) is 17.3 Å². The lowest BCUT2D eigenvalue weighted by atomic mass is 9.72. The Balaban J connectivity index is 2.06. The van der Waals surface area contributed by atoms with E-state index in [0.29, 0.717) is 17.9 Å². The van der Waals surface area contributed by atoms with E-state index in [-0.39, 0.29) is 18.3 Å². The van der Waals surface area contributed by atoms with Crippen LogP contribution in [0.2, 0.25) is 0 Å². The van der Waals surface area contributed by atoms with E-state index in [1.807, 2.05) is 49.4 Å². The van der Waals surface area contributed by atoms with Gasteiger partial charge in [-0.2, -0.15) is 0 Å². The minimum atomic E-state index is -0.833. The summed E-state index contributed by atoms with van der Waals surface area (Å²) in [6.07, 6.45) is 2.12. The summed E-state index contributed by atoms with van der Waals surface area (Å²) in [6.45, 7) is 3.99. The zero-order valence-electron chi connectivity index (χ0n) is 17.2. The van der Waals surface area contributed by atoms with Crippen LogP contribution < -0.4 is 9.47 Å². The predicted octanol–water partition coefficient (Wildman–Crippen LogP) is 4.33. The molecule has 0 heterocycles. The number of carbonyl (C=O) groups excluding carboxylic acids is 2. The summed E-state index contributed by atoms with van der Waals surface area (Å²) in [4.78, 5) is 25.7. The number of ketones is 1. The Hall–Kier alpha value is -3.08. The molecule has 0 fully saturated rings. The van der Waals surface area contributed by atoms with Crippen LogP contribution in [0.3, 0.4) is 0 Å². The lowest BCUT2D eigenvalue weighted by Gasteiger charge is -2.30. The maximum atomic E-state index is 13.0. The first-order chi connectivity index (χ1) is 14.0. The highest BCUT2D eigenvalue weighted by molar-refractivity contribution is 6.10. The van der Waals surface area contributed by atoms with Gasteiger partial charge in [0.2, 0.25) is 0 Å². The van der Waals surface area contributed by atoms with Crippen molar-refractivity contribution >= 4 is 17.3 Å². The van der Waals surface area contributed by atoms with E-state index in [0.717, 1.165) is 22.3 Å². The number of benzene rings is 2. The fourth-order valence-electron chi connectivity index (χ4n) is 3.92. The van der Waals surface area contributed by atoms with Crippen LogP contribution in [0.4, 0.5) is 0 Å². The number of methoxy groups -OCH3 is 2. The molecule has 152 valence electrons. The summed E-state index contributed by atoms with van der Waals surface area (Å²) in [5.41, 5.74) is 3.78. The topological polar surface area (TPSA) is 61.8 Å². The molecule has 0 aromatic heterocycles. The Bertz CT molecular complexity index is 944. The molecule has 0 unspecified atom stereocenters. The maximum Gasteiger partial charge on any atom is 0.317 e. The van der Waals surface area contributed by atoms with Gasteiger partial charge in [0, 0.05) is 5.92 Å². The van der Waals surface area contributed by atoms with Crippen molar-refractivity contribution in [2.75, 3.05) is 20.8 Å². The molecule has 0 N–H and O–H groups in total. The summed E-state index contributed by atoms with van der Waals surface area (Å²) >= 11 is 0. The van der Waals surface area contributed by atoms with E-state index in [2.05, 4.69) is 0 Å². The van der Waals surface area contributed by atoms with Crippen molar-refractivity contribution in [1.29, 1.82) is 0 Å². The number of aryl methyl sites for hydroxylation is 1. The minimum Gasteiger partial charge on any atom is -0.493 e. The van der Waals surface area contributed by atoms with Crippen LogP contribution in [0.25, 0.3) is 5.57 Å². The average Bonchev–Trinajstić information content (AvgIpc) is 2.73. The van der Waals surface area contributed by atoms with Crippen LogP contribution in [0.15, 0.2) is 48.5 Å². The molecule has 2 aromatic rings. The molecule has 0 saturated heterocycles. The summed E-state index contributed by atoms with van der Waals surface area (Å²) in [6, 6.07) is 13.4. The zero-order chi connectivity index (χ0) is 21.0. The van der Waals surface area contributed by atoms with Crippen molar-refractivity contribution in [3.8, 4) is 11.5 Å². The number of hydrogen-bond acceptors (Lipinski definition) is 5. The largest absolute Gasteiger partial charge is 0.493 e. The standard InChI is InChI=1S/C24H26O5/c1-5-29-24(26)23-19(18-9-7-6-8-15(18)2)12-17(13-20(23)25)16-10-11-21(27-3)22(14-16)28-4/h6-11,13-14,19,23H,5,12H2,1-4H3/t19-,23-/m0/s1. The lowest BCUT2D eigenvalue weighted by molar-refractivity contribution is -0.151. The Kier molecular flexibility index (Phi) is 6.37. The van der Waals surface area contributed by atoms with Crippen LogP contribution in [0.5, 0.6) is 11.5 Å². The fraction of sp³-hybridized carbons (Fsp3) is 0.333. The van der Waals surface area contributed by atoms with Gasteiger partial charge in [-0.25, -0.2) is 0 Å². The molecular weight excluding hydrogens is 368 g/mol. The van der Waals surface area contributed by atoms with E-state index in [1.165, 1.54) is 0 Å². The molecular formula is C24H26O5. The second-order valence-corrected chi connectivity index (χ2v) is 7.04. The van der Waals surface area contributed by atoms with Crippen LogP contribution >= 0.6 is 0 Å². The van der Waals surface area contributed by atoms with Crippen molar-refractivity contribution in [2.45, 2.75) is 26.2 Å². The number of carbonyl (C=O) groups is 2. The monoisotopic (exact) mass is 394 g/mol. The molecule has 2 atom stereocenters. The van der Waals surface area contributed by atoms with E-state index in [4.69, 9.17) is 14.2 Å². The summed E-state index contributed by atoms with van der Waals surface area (Å²) in [5, 5.41) is 0. The molecule has 0 bridgehead atoms. The predicted molar refractivity (Wildman–Crippen MR) is 111 cm³/mol. The van der Waals surface area contributed by atoms with Gasteiger partial charge in [-0.05, 0) is 60.7 Å². The Morgan fingerprint density at radius 2 is 1.79 bits per heavy atom. The lowest BCUT2D eigenvalue weighted by Crippen LogP contribution is -2.34. The van der Waals surface area contributed by atoms with Gasteiger partial charge in [0.05, 0.1) is 20.8 Å². The molecule has 1 aliphatic carbocycles. The van der Waals surface area contributed by atoms with Gasteiger partial charge >= 0.3 is 5.97 Å². The Morgan fingerprint density at radius 3 is 2.45 bits per heavy atom. The van der Waals surface area contributed by atoms with Gasteiger partial charge in [0.25, 0.3) is 0 Å². The van der Waals surface area contributed by atoms with Crippen molar-refractivity contribution in [3.05, 3.63) is 65.2 Å². The molecule has 0 amide bonds. The zero-order valence-corrected chi connectivity index (χ0v) is 17.2. The Labute approximate surface area is 171 Å². The molecule has 5 nitrogen and oxygen atoms in total. The van der Waals surface area contributed by atoms with E-state index in [9.17, 15) is 9.59 Å². The third-order valence-corrected chi connectivity index (χ3v) is 5.35. The number of ether oxygens (including phenoxy) is 3. The van der Waals surface area contributed by atoms with Crippen LogP contribution in [-0.4, -0.2) is 32.6 Å². The molecule has 0 radical (unpaired) electrons. The molecule has 2 aromatic carbocycles. The summed E-state index contributed by atoms with van der Waals surface area (Å²) in [7, 11) is 3.16. The first kappa shape index (κ1) is 20.6. The molecule has 1 aliphatic rings. The van der Waals surface area contributed by atoms with E-state index >= 15 is 0 Å². The second-order valence-electron chi connectivity index (χ2n) is 7.04. The minimum absolute atomic E-state index is 0.229. The highest BCUT2D eigenvalue weighted by Gasteiger charge is 2.40. The van der Waals surface area contributed by atoms with Crippen LogP contribution in [-0.2, 0) is 14.3 Å².